The van der Waals surface area contributed by atoms with Crippen LogP contribution in [0.25, 0.3) is 0 Å². The fourth-order valence-corrected chi connectivity index (χ4v) is 2.24. The molecule has 1 fully saturated rings. The number of rotatable bonds is 3. The highest BCUT2D eigenvalue weighted by atomic mass is 35.5. The zero-order valence-corrected chi connectivity index (χ0v) is 11.2. The summed E-state index contributed by atoms with van der Waals surface area (Å²) in [6.07, 6.45) is 2.27. The van der Waals surface area contributed by atoms with Crippen molar-refractivity contribution >= 4 is 23.5 Å². The molecule has 1 aliphatic carbocycles. The molecule has 5 nitrogen and oxygen atoms in total. The van der Waals surface area contributed by atoms with Crippen LogP contribution in [0.3, 0.4) is 0 Å². The van der Waals surface area contributed by atoms with Crippen LogP contribution in [0, 0.1) is 0 Å². The Balaban J connectivity index is 1.82. The van der Waals surface area contributed by atoms with E-state index in [0.29, 0.717) is 22.8 Å². The molecule has 1 aromatic carbocycles. The van der Waals surface area contributed by atoms with E-state index in [9.17, 15) is 4.79 Å². The standard InChI is InChI=1S/C13H14ClN3O2/c1-19-10-5-2-7(6-9(10)14)11-12(18)17-13(16-11)15-8-3-4-8/h2,5-6,8,11H,3-4H2,1H3,(H2,15,16,17,18). The number of ether oxygens (including phenoxy) is 1. The van der Waals surface area contributed by atoms with Crippen LogP contribution in [-0.4, -0.2) is 25.0 Å². The number of amides is 1. The van der Waals surface area contributed by atoms with Gasteiger partial charge in [-0.05, 0) is 30.5 Å². The van der Waals surface area contributed by atoms with Crippen LogP contribution >= 0.6 is 11.6 Å². The predicted octanol–water partition coefficient (Wildman–Crippen LogP) is 1.63. The van der Waals surface area contributed by atoms with Crippen molar-refractivity contribution in [2.45, 2.75) is 24.9 Å². The second-order valence-electron chi connectivity index (χ2n) is 4.68. The Morgan fingerprint density at radius 2 is 2.26 bits per heavy atom. The van der Waals surface area contributed by atoms with Gasteiger partial charge in [-0.1, -0.05) is 17.7 Å². The van der Waals surface area contributed by atoms with Crippen molar-refractivity contribution in [3.05, 3.63) is 28.8 Å². The summed E-state index contributed by atoms with van der Waals surface area (Å²) >= 11 is 6.07. The first-order chi connectivity index (χ1) is 9.17. The van der Waals surface area contributed by atoms with Crippen LogP contribution < -0.4 is 15.4 Å². The van der Waals surface area contributed by atoms with Gasteiger partial charge in [-0.25, -0.2) is 4.99 Å². The topological polar surface area (TPSA) is 62.7 Å². The first kappa shape index (κ1) is 12.3. The Morgan fingerprint density at radius 3 is 2.89 bits per heavy atom. The Morgan fingerprint density at radius 1 is 1.47 bits per heavy atom. The van der Waals surface area contributed by atoms with E-state index in [0.717, 1.165) is 18.4 Å². The molecule has 2 aliphatic rings. The first-order valence-corrected chi connectivity index (χ1v) is 6.54. The number of carbonyl (C=O) groups excluding carboxylic acids is 1. The molecule has 6 heteroatoms. The Hall–Kier alpha value is -1.75. The molecule has 0 aromatic heterocycles. The Bertz CT molecular complexity index is 555. The van der Waals surface area contributed by atoms with Crippen molar-refractivity contribution in [2.75, 3.05) is 7.11 Å². The van der Waals surface area contributed by atoms with Gasteiger partial charge >= 0.3 is 0 Å². The highest BCUT2D eigenvalue weighted by molar-refractivity contribution is 6.32. The second kappa shape index (κ2) is 4.74. The van der Waals surface area contributed by atoms with Crippen molar-refractivity contribution < 1.29 is 9.53 Å². The number of halogens is 1. The van der Waals surface area contributed by atoms with Gasteiger partial charge in [0.2, 0.25) is 0 Å². The van der Waals surface area contributed by atoms with E-state index < -0.39 is 6.04 Å². The maximum absolute atomic E-state index is 11.9. The Labute approximate surface area is 116 Å². The highest BCUT2D eigenvalue weighted by Gasteiger charge is 2.31. The van der Waals surface area contributed by atoms with Crippen LogP contribution in [0.1, 0.15) is 24.4 Å². The summed E-state index contributed by atoms with van der Waals surface area (Å²) in [6, 6.07) is 5.18. The second-order valence-corrected chi connectivity index (χ2v) is 5.09. The van der Waals surface area contributed by atoms with Gasteiger partial charge in [-0.15, -0.1) is 0 Å². The predicted molar refractivity (Wildman–Crippen MR) is 72.5 cm³/mol. The summed E-state index contributed by atoms with van der Waals surface area (Å²) < 4.78 is 5.09. The third-order valence-corrected chi connectivity index (χ3v) is 3.45. The minimum absolute atomic E-state index is 0.135. The number of carbonyl (C=O) groups is 1. The molecule has 100 valence electrons. The van der Waals surface area contributed by atoms with Crippen molar-refractivity contribution in [3.63, 3.8) is 0 Å². The average Bonchev–Trinajstić information content (AvgIpc) is 3.12. The number of benzene rings is 1. The lowest BCUT2D eigenvalue weighted by Crippen LogP contribution is -2.37. The molecular formula is C13H14ClN3O2. The first-order valence-electron chi connectivity index (χ1n) is 6.16. The van der Waals surface area contributed by atoms with E-state index in [1.807, 2.05) is 0 Å². The summed E-state index contributed by atoms with van der Waals surface area (Å²) in [6.45, 7) is 0. The normalized spacial score (nSPS) is 21.9. The van der Waals surface area contributed by atoms with Gasteiger partial charge in [0.05, 0.1) is 12.1 Å². The molecule has 1 amide bonds. The van der Waals surface area contributed by atoms with E-state index in [4.69, 9.17) is 16.3 Å². The van der Waals surface area contributed by atoms with Gasteiger partial charge in [0.1, 0.15) is 5.75 Å². The van der Waals surface area contributed by atoms with Gasteiger partial charge in [0.15, 0.2) is 12.0 Å². The number of nitrogens with zero attached hydrogens (tertiary/aromatic N) is 1. The van der Waals surface area contributed by atoms with E-state index in [2.05, 4.69) is 15.6 Å². The van der Waals surface area contributed by atoms with Gasteiger partial charge in [0.25, 0.3) is 5.91 Å². The SMILES string of the molecule is COc1ccc(C2N=C(NC3CC3)NC2=O)cc1Cl. The van der Waals surface area contributed by atoms with Crippen LogP contribution in [-0.2, 0) is 4.79 Å². The molecule has 1 atom stereocenters. The number of guanidine groups is 1. The van der Waals surface area contributed by atoms with E-state index in [1.54, 1.807) is 25.3 Å². The van der Waals surface area contributed by atoms with Crippen molar-refractivity contribution in [2.24, 2.45) is 4.99 Å². The van der Waals surface area contributed by atoms with Crippen LogP contribution in [0.15, 0.2) is 23.2 Å². The lowest BCUT2D eigenvalue weighted by molar-refractivity contribution is -0.120. The van der Waals surface area contributed by atoms with E-state index >= 15 is 0 Å². The van der Waals surface area contributed by atoms with Crippen LogP contribution in [0.5, 0.6) is 5.75 Å². The third-order valence-electron chi connectivity index (χ3n) is 3.16. The molecule has 0 radical (unpaired) electrons. The molecule has 1 saturated carbocycles. The monoisotopic (exact) mass is 279 g/mol. The molecule has 2 N–H and O–H groups in total. The molecule has 3 rings (SSSR count). The largest absolute Gasteiger partial charge is 0.495 e. The van der Waals surface area contributed by atoms with Crippen molar-refractivity contribution in [3.8, 4) is 5.75 Å². The lowest BCUT2D eigenvalue weighted by Gasteiger charge is -2.08. The number of hydrogen-bond donors (Lipinski definition) is 2. The number of methoxy groups -OCH3 is 1. The molecule has 1 heterocycles. The van der Waals surface area contributed by atoms with Crippen molar-refractivity contribution in [1.29, 1.82) is 0 Å². The molecule has 0 saturated heterocycles. The quantitative estimate of drug-likeness (QED) is 0.884. The highest BCUT2D eigenvalue weighted by Crippen LogP contribution is 2.30. The lowest BCUT2D eigenvalue weighted by atomic mass is 10.1. The summed E-state index contributed by atoms with van der Waals surface area (Å²) in [5.41, 5.74) is 0.760. The molecule has 19 heavy (non-hydrogen) atoms. The maximum atomic E-state index is 11.9. The maximum Gasteiger partial charge on any atom is 0.256 e. The molecule has 1 unspecified atom stereocenters. The molecule has 1 aromatic rings. The molecule has 0 spiro atoms. The van der Waals surface area contributed by atoms with Gasteiger partial charge in [0, 0.05) is 6.04 Å². The number of hydrogen-bond acceptors (Lipinski definition) is 4. The molecule has 0 bridgehead atoms. The van der Waals surface area contributed by atoms with E-state index in [-0.39, 0.29) is 5.91 Å². The molecule has 1 aliphatic heterocycles. The zero-order valence-electron chi connectivity index (χ0n) is 10.4. The summed E-state index contributed by atoms with van der Waals surface area (Å²) in [4.78, 5) is 16.3. The molecular weight excluding hydrogens is 266 g/mol. The smallest absolute Gasteiger partial charge is 0.256 e. The van der Waals surface area contributed by atoms with Crippen LogP contribution in [0.2, 0.25) is 5.02 Å². The zero-order chi connectivity index (χ0) is 13.4. The fourth-order valence-electron chi connectivity index (χ4n) is 1.98. The van der Waals surface area contributed by atoms with Crippen molar-refractivity contribution in [1.82, 2.24) is 10.6 Å². The van der Waals surface area contributed by atoms with Crippen LogP contribution in [0.4, 0.5) is 0 Å². The Kier molecular flexibility index (Phi) is 3.06. The van der Waals surface area contributed by atoms with Gasteiger partial charge in [-0.2, -0.15) is 0 Å². The minimum atomic E-state index is -0.537. The fraction of sp³-hybridized carbons (Fsp3) is 0.385. The van der Waals surface area contributed by atoms with E-state index in [1.165, 1.54) is 0 Å². The summed E-state index contributed by atoms with van der Waals surface area (Å²) in [7, 11) is 1.55. The third kappa shape index (κ3) is 2.51. The van der Waals surface area contributed by atoms with Gasteiger partial charge < -0.3 is 10.1 Å². The summed E-state index contributed by atoms with van der Waals surface area (Å²) in [5, 5.41) is 6.41. The number of nitrogens with one attached hydrogen (secondary N) is 2. The van der Waals surface area contributed by atoms with Gasteiger partial charge in [-0.3, -0.25) is 10.1 Å². The minimum Gasteiger partial charge on any atom is -0.495 e. The number of aliphatic imine (C=N–C) groups is 1. The average molecular weight is 280 g/mol. The summed E-state index contributed by atoms with van der Waals surface area (Å²) in [5.74, 6) is 1.01.